The first-order chi connectivity index (χ1) is 17.0. The molecule has 1 heterocycles. The molecule has 3 aromatic rings. The minimum absolute atomic E-state index is 0. The summed E-state index contributed by atoms with van der Waals surface area (Å²) in [7, 11) is 0. The van der Waals surface area contributed by atoms with Gasteiger partial charge in [0.15, 0.2) is 0 Å². The van der Waals surface area contributed by atoms with Crippen LogP contribution >= 0.6 is 0 Å². The van der Waals surface area contributed by atoms with Gasteiger partial charge in [-0.2, -0.15) is 0 Å². The monoisotopic (exact) mass is 506 g/mol. The van der Waals surface area contributed by atoms with Crippen LogP contribution in [0.2, 0.25) is 0 Å². The lowest BCUT2D eigenvalue weighted by molar-refractivity contribution is -0.118. The molecular formula is C28H37F3N2O3. The van der Waals surface area contributed by atoms with E-state index in [0.29, 0.717) is 46.9 Å². The van der Waals surface area contributed by atoms with Crippen LogP contribution < -0.4 is 5.32 Å². The van der Waals surface area contributed by atoms with Crippen molar-refractivity contribution in [2.45, 2.75) is 69.2 Å². The fourth-order valence-corrected chi connectivity index (χ4v) is 5.58. The molecule has 0 spiro atoms. The fourth-order valence-electron chi connectivity index (χ4n) is 5.58. The molecule has 0 radical (unpaired) electrons. The van der Waals surface area contributed by atoms with Gasteiger partial charge in [0.2, 0.25) is 5.91 Å². The fraction of sp³-hybridized carbons (Fsp3) is 0.464. The molecule has 0 atom stereocenters. The van der Waals surface area contributed by atoms with E-state index in [2.05, 4.69) is 5.32 Å². The maximum Gasteiger partial charge on any atom is 0.256 e. The number of fused-ring (bicyclic) bond motifs is 2. The van der Waals surface area contributed by atoms with Crippen molar-refractivity contribution in [1.82, 2.24) is 4.57 Å². The predicted octanol–water partition coefficient (Wildman–Crippen LogP) is 5.57. The third-order valence-electron chi connectivity index (χ3n) is 7.83. The van der Waals surface area contributed by atoms with E-state index in [0.717, 1.165) is 5.69 Å². The first-order valence-electron chi connectivity index (χ1n) is 12.4. The van der Waals surface area contributed by atoms with Gasteiger partial charge < -0.3 is 20.1 Å². The van der Waals surface area contributed by atoms with E-state index in [1.807, 2.05) is 24.5 Å². The molecule has 5 rings (SSSR count). The summed E-state index contributed by atoms with van der Waals surface area (Å²) in [6.07, 6.45) is 1.05. The lowest BCUT2D eigenvalue weighted by Gasteiger charge is -2.26. The number of amides is 1. The van der Waals surface area contributed by atoms with Crippen LogP contribution in [0, 0.1) is 5.82 Å². The van der Waals surface area contributed by atoms with E-state index in [-0.39, 0.29) is 48.5 Å². The molecule has 1 amide bonds. The Balaban J connectivity index is 0.00000178. The van der Waals surface area contributed by atoms with Crippen LogP contribution in [0.15, 0.2) is 36.4 Å². The first kappa shape index (κ1) is 24.8. The van der Waals surface area contributed by atoms with Crippen molar-refractivity contribution in [3.05, 3.63) is 64.6 Å². The minimum atomic E-state index is -2.75. The number of aromatic nitrogens is 1. The zero-order chi connectivity index (χ0) is 25.9. The van der Waals surface area contributed by atoms with Gasteiger partial charge in [0.25, 0.3) is 5.92 Å². The molecule has 5 nitrogen and oxygen atoms in total. The van der Waals surface area contributed by atoms with Gasteiger partial charge in [0, 0.05) is 52.8 Å². The smallest absolute Gasteiger partial charge is 0.256 e. The quantitative estimate of drug-likeness (QED) is 0.374. The Morgan fingerprint density at radius 3 is 2.47 bits per heavy atom. The number of nitrogens with zero attached hydrogens (tertiary/aromatic N) is 1. The maximum absolute atomic E-state index is 15.2. The predicted molar refractivity (Wildman–Crippen MR) is 138 cm³/mol. The summed E-state index contributed by atoms with van der Waals surface area (Å²) in [6, 6.07) is 10.0. The molecule has 2 aliphatic carbocycles. The molecule has 3 N–H and O–H groups in total. The molecule has 2 aromatic carbocycles. The summed E-state index contributed by atoms with van der Waals surface area (Å²) in [5.74, 6) is -3.69. The van der Waals surface area contributed by atoms with Crippen LogP contribution in [0.25, 0.3) is 10.9 Å². The van der Waals surface area contributed by atoms with Crippen LogP contribution in [-0.2, 0) is 35.0 Å². The average molecular weight is 507 g/mol. The maximum atomic E-state index is 15.2. The van der Waals surface area contributed by atoms with Crippen LogP contribution in [-0.4, -0.2) is 39.8 Å². The molecule has 8 heteroatoms. The second-order valence-corrected chi connectivity index (χ2v) is 10.9. The van der Waals surface area contributed by atoms with E-state index in [4.69, 9.17) is 0 Å². The molecule has 1 fully saturated rings. The third-order valence-corrected chi connectivity index (χ3v) is 7.83. The number of carbonyl (C=O) groups is 1. The number of anilines is 1. The molecule has 198 valence electrons. The normalized spacial score (nSPS) is 17.9. The number of hydrogen-bond acceptors (Lipinski definition) is 3. The van der Waals surface area contributed by atoms with Crippen molar-refractivity contribution in [1.29, 1.82) is 0 Å². The number of alkyl halides is 2. The number of aliphatic hydroxyl groups excluding tert-OH is 2. The number of aliphatic hydroxyl groups is 2. The Labute approximate surface area is 212 Å². The van der Waals surface area contributed by atoms with Crippen LogP contribution in [0.1, 0.15) is 59.8 Å². The highest BCUT2D eigenvalue weighted by molar-refractivity contribution is 6.02. The molecule has 0 aliphatic heterocycles. The SMILES string of the molecule is CC(C)(CCO)c1cc2cc(NC(=O)C3(c4ccc5c(c4)CC(F)(F)C5)CC3)c(F)cc2n1CCO.[HH].[HH].[HH]. The van der Waals surface area contributed by atoms with Crippen molar-refractivity contribution in [3.63, 3.8) is 0 Å². The van der Waals surface area contributed by atoms with E-state index in [1.54, 1.807) is 24.3 Å². The molecule has 1 saturated carbocycles. The van der Waals surface area contributed by atoms with Gasteiger partial charge in [-0.3, -0.25) is 4.79 Å². The molecule has 0 unspecified atom stereocenters. The molecule has 0 bridgehead atoms. The second kappa shape index (κ2) is 8.63. The summed E-state index contributed by atoms with van der Waals surface area (Å²) in [4.78, 5) is 13.3. The lowest BCUT2D eigenvalue weighted by Crippen LogP contribution is -2.28. The van der Waals surface area contributed by atoms with E-state index >= 15 is 4.39 Å². The topological polar surface area (TPSA) is 74.5 Å². The van der Waals surface area contributed by atoms with E-state index in [9.17, 15) is 23.8 Å². The molecule has 1 aromatic heterocycles. The van der Waals surface area contributed by atoms with E-state index in [1.165, 1.54) is 6.07 Å². The van der Waals surface area contributed by atoms with E-state index < -0.39 is 22.6 Å². The Bertz CT molecular complexity index is 1360. The zero-order valence-electron chi connectivity index (χ0n) is 20.5. The highest BCUT2D eigenvalue weighted by atomic mass is 19.3. The van der Waals surface area contributed by atoms with Crippen LogP contribution in [0.4, 0.5) is 18.9 Å². The van der Waals surface area contributed by atoms with Gasteiger partial charge in [0.05, 0.1) is 23.2 Å². The lowest BCUT2D eigenvalue weighted by atomic mass is 9.85. The van der Waals surface area contributed by atoms with Crippen molar-refractivity contribution >= 4 is 22.5 Å². The number of hydrogen-bond donors (Lipinski definition) is 3. The Morgan fingerprint density at radius 1 is 1.08 bits per heavy atom. The van der Waals surface area contributed by atoms with Gasteiger partial charge in [-0.25, -0.2) is 13.2 Å². The summed E-state index contributed by atoms with van der Waals surface area (Å²) in [5, 5.41) is 22.6. The highest BCUT2D eigenvalue weighted by Crippen LogP contribution is 2.50. The van der Waals surface area contributed by atoms with Crippen LogP contribution in [0.3, 0.4) is 0 Å². The van der Waals surface area contributed by atoms with Gasteiger partial charge in [-0.05, 0) is 48.1 Å². The molecule has 2 aliphatic rings. The summed E-state index contributed by atoms with van der Waals surface area (Å²) < 4.78 is 44.8. The second-order valence-electron chi connectivity index (χ2n) is 10.9. The average Bonchev–Trinajstić information content (AvgIpc) is 3.45. The Kier molecular flexibility index (Phi) is 5.95. The van der Waals surface area contributed by atoms with Crippen molar-refractivity contribution in [2.24, 2.45) is 0 Å². The molecular weight excluding hydrogens is 469 g/mol. The number of carbonyl (C=O) groups excluding carboxylic acids is 1. The first-order valence-corrected chi connectivity index (χ1v) is 12.4. The summed E-state index contributed by atoms with van der Waals surface area (Å²) in [6.45, 7) is 4.10. The van der Waals surface area contributed by atoms with Gasteiger partial charge in [-0.1, -0.05) is 32.0 Å². The van der Waals surface area contributed by atoms with Gasteiger partial charge in [0.1, 0.15) is 5.82 Å². The van der Waals surface area contributed by atoms with Crippen molar-refractivity contribution in [2.75, 3.05) is 18.5 Å². The number of nitrogens with one attached hydrogen (secondary N) is 1. The number of benzene rings is 2. The van der Waals surface area contributed by atoms with Gasteiger partial charge in [-0.15, -0.1) is 0 Å². The highest BCUT2D eigenvalue weighted by Gasteiger charge is 2.52. The molecule has 0 saturated heterocycles. The summed E-state index contributed by atoms with van der Waals surface area (Å²) >= 11 is 0. The Morgan fingerprint density at radius 2 is 1.81 bits per heavy atom. The summed E-state index contributed by atoms with van der Waals surface area (Å²) in [5.41, 5.74) is 2.14. The third kappa shape index (κ3) is 4.20. The molecule has 36 heavy (non-hydrogen) atoms. The van der Waals surface area contributed by atoms with Crippen LogP contribution in [0.5, 0.6) is 0 Å². The zero-order valence-corrected chi connectivity index (χ0v) is 20.5. The standard InChI is InChI=1S/C28H31F3N2O3.3H2/c1-26(2,7-9-34)24-13-18-12-22(21(29)14-23(18)33(24)8-10-35)32-25(36)27(5-6-27)20-4-3-17-15-28(30,31)16-19(17)11-20;;;/h3-4,11-14,34-35H,5-10,15-16H2,1-2H3,(H,32,36);3*1H. The number of rotatable bonds is 8. The van der Waals surface area contributed by atoms with Crippen molar-refractivity contribution < 1.29 is 32.5 Å². The van der Waals surface area contributed by atoms with Crippen molar-refractivity contribution in [3.8, 4) is 0 Å². The van der Waals surface area contributed by atoms with Gasteiger partial charge >= 0.3 is 0 Å². The largest absolute Gasteiger partial charge is 0.396 e. The Hall–Kier alpha value is -2.84. The minimum Gasteiger partial charge on any atom is -0.396 e. The number of halogens is 3.